The molecular formula is C12H17N3O4S. The number of nitrogens with zero attached hydrogens (tertiary/aromatic N) is 1. The number of amides is 3. The minimum atomic E-state index is -1.13. The quantitative estimate of drug-likeness (QED) is 0.666. The van der Waals surface area contributed by atoms with Crippen molar-refractivity contribution in [3.8, 4) is 0 Å². The number of rotatable bonds is 7. The fourth-order valence-corrected chi connectivity index (χ4v) is 2.06. The molecule has 7 nitrogen and oxygen atoms in total. The molecular weight excluding hydrogens is 282 g/mol. The molecule has 110 valence electrons. The molecule has 3 amide bonds. The summed E-state index contributed by atoms with van der Waals surface area (Å²) in [4.78, 5) is 35.8. The molecule has 0 saturated heterocycles. The third kappa shape index (κ3) is 6.19. The lowest BCUT2D eigenvalue weighted by Crippen LogP contribution is -2.44. The molecule has 0 aromatic carbocycles. The zero-order chi connectivity index (χ0) is 15.0. The smallest absolute Gasteiger partial charge is 0.322 e. The van der Waals surface area contributed by atoms with Gasteiger partial charge in [-0.1, -0.05) is 6.07 Å². The summed E-state index contributed by atoms with van der Waals surface area (Å²) in [6.07, 6.45) is 0.757. The van der Waals surface area contributed by atoms with Crippen molar-refractivity contribution in [3.05, 3.63) is 22.4 Å². The highest BCUT2D eigenvalue weighted by Crippen LogP contribution is 2.09. The minimum Gasteiger partial charge on any atom is -0.480 e. The predicted molar refractivity (Wildman–Crippen MR) is 74.7 cm³/mol. The second-order valence-electron chi connectivity index (χ2n) is 4.08. The van der Waals surface area contributed by atoms with Crippen molar-refractivity contribution in [2.75, 3.05) is 26.7 Å². The van der Waals surface area contributed by atoms with Crippen molar-refractivity contribution >= 4 is 29.2 Å². The van der Waals surface area contributed by atoms with E-state index in [1.807, 2.05) is 17.5 Å². The van der Waals surface area contributed by atoms with Crippen molar-refractivity contribution < 1.29 is 19.5 Å². The van der Waals surface area contributed by atoms with Crippen molar-refractivity contribution in [3.63, 3.8) is 0 Å². The maximum atomic E-state index is 11.7. The average molecular weight is 299 g/mol. The molecule has 1 aromatic heterocycles. The topological polar surface area (TPSA) is 98.7 Å². The van der Waals surface area contributed by atoms with Crippen LogP contribution in [0.3, 0.4) is 0 Å². The third-order valence-corrected chi connectivity index (χ3v) is 3.39. The van der Waals surface area contributed by atoms with Crippen LogP contribution in [0.15, 0.2) is 17.5 Å². The summed E-state index contributed by atoms with van der Waals surface area (Å²) in [5.74, 6) is -1.66. The van der Waals surface area contributed by atoms with Crippen LogP contribution in [-0.2, 0) is 16.0 Å². The van der Waals surface area contributed by atoms with Crippen LogP contribution in [0.4, 0.5) is 4.79 Å². The molecule has 0 bridgehead atoms. The Hall–Kier alpha value is -2.09. The summed E-state index contributed by atoms with van der Waals surface area (Å²) in [5.41, 5.74) is 0. The SMILES string of the molecule is CN(CCc1cccs1)C(=O)NCC(=O)NCC(=O)O. The van der Waals surface area contributed by atoms with E-state index in [9.17, 15) is 14.4 Å². The molecule has 0 radical (unpaired) electrons. The van der Waals surface area contributed by atoms with E-state index in [1.165, 1.54) is 9.78 Å². The van der Waals surface area contributed by atoms with E-state index in [0.29, 0.717) is 6.54 Å². The minimum absolute atomic E-state index is 0.241. The van der Waals surface area contributed by atoms with Gasteiger partial charge in [0.05, 0.1) is 6.54 Å². The molecule has 0 atom stereocenters. The number of carboxylic acids is 1. The molecule has 0 spiro atoms. The third-order valence-electron chi connectivity index (χ3n) is 2.46. The molecule has 1 aromatic rings. The van der Waals surface area contributed by atoms with Crippen LogP contribution in [0, 0.1) is 0 Å². The number of aliphatic carboxylic acids is 1. The fraction of sp³-hybridized carbons (Fsp3) is 0.417. The first-order valence-electron chi connectivity index (χ1n) is 5.99. The Balaban J connectivity index is 2.20. The van der Waals surface area contributed by atoms with Gasteiger partial charge in [0.25, 0.3) is 0 Å². The largest absolute Gasteiger partial charge is 0.480 e. The van der Waals surface area contributed by atoms with Crippen LogP contribution in [0.25, 0.3) is 0 Å². The Kier molecular flexibility index (Phi) is 6.51. The van der Waals surface area contributed by atoms with Gasteiger partial charge in [-0.05, 0) is 17.9 Å². The molecule has 0 aliphatic carbocycles. The van der Waals surface area contributed by atoms with Crippen LogP contribution in [0.1, 0.15) is 4.88 Å². The van der Waals surface area contributed by atoms with Gasteiger partial charge in [-0.2, -0.15) is 0 Å². The van der Waals surface area contributed by atoms with Crippen molar-refractivity contribution in [2.24, 2.45) is 0 Å². The first kappa shape index (κ1) is 16.0. The first-order chi connectivity index (χ1) is 9.49. The number of nitrogens with one attached hydrogen (secondary N) is 2. The Morgan fingerprint density at radius 3 is 2.65 bits per heavy atom. The van der Waals surface area contributed by atoms with Gasteiger partial charge in [-0.15, -0.1) is 11.3 Å². The van der Waals surface area contributed by atoms with Crippen LogP contribution < -0.4 is 10.6 Å². The van der Waals surface area contributed by atoms with Gasteiger partial charge < -0.3 is 20.6 Å². The number of hydrogen-bond acceptors (Lipinski definition) is 4. The monoisotopic (exact) mass is 299 g/mol. The Bertz CT molecular complexity index is 461. The maximum absolute atomic E-state index is 11.7. The second-order valence-corrected chi connectivity index (χ2v) is 5.11. The lowest BCUT2D eigenvalue weighted by molar-refractivity contribution is -0.137. The number of hydrogen-bond donors (Lipinski definition) is 3. The molecule has 3 N–H and O–H groups in total. The van der Waals surface area contributed by atoms with Crippen LogP contribution in [0.5, 0.6) is 0 Å². The van der Waals surface area contributed by atoms with E-state index in [0.717, 1.165) is 6.42 Å². The first-order valence-corrected chi connectivity index (χ1v) is 6.87. The molecule has 1 heterocycles. The highest BCUT2D eigenvalue weighted by atomic mass is 32.1. The average Bonchev–Trinajstić information content (AvgIpc) is 2.92. The lowest BCUT2D eigenvalue weighted by atomic mass is 10.3. The van der Waals surface area contributed by atoms with Gasteiger partial charge in [0.15, 0.2) is 0 Å². The summed E-state index contributed by atoms with van der Waals surface area (Å²) in [6, 6.07) is 3.58. The number of thiophene rings is 1. The van der Waals surface area contributed by atoms with Gasteiger partial charge in [0.1, 0.15) is 6.54 Å². The number of likely N-dealkylation sites (N-methyl/N-ethyl adjacent to an activating group) is 1. The second kappa shape index (κ2) is 8.16. The van der Waals surface area contributed by atoms with Crippen molar-refractivity contribution in [1.29, 1.82) is 0 Å². The summed E-state index contributed by atoms with van der Waals surface area (Å²) in [6.45, 7) is -0.151. The molecule has 0 aliphatic rings. The fourth-order valence-electron chi connectivity index (χ4n) is 1.36. The Labute approximate surface area is 120 Å². The normalized spacial score (nSPS) is 9.85. The molecule has 20 heavy (non-hydrogen) atoms. The number of carboxylic acid groups (broad SMARTS) is 1. The molecule has 0 aliphatic heterocycles. The van der Waals surface area contributed by atoms with E-state index in [1.54, 1.807) is 18.4 Å². The molecule has 0 saturated carbocycles. The molecule has 0 unspecified atom stereocenters. The molecule has 0 fully saturated rings. The number of carbonyl (C=O) groups excluding carboxylic acids is 2. The van der Waals surface area contributed by atoms with Crippen LogP contribution in [0.2, 0.25) is 0 Å². The van der Waals surface area contributed by atoms with E-state index in [2.05, 4.69) is 10.6 Å². The van der Waals surface area contributed by atoms with Gasteiger partial charge >= 0.3 is 12.0 Å². The molecule has 8 heteroatoms. The van der Waals surface area contributed by atoms with Crippen molar-refractivity contribution in [2.45, 2.75) is 6.42 Å². The Morgan fingerprint density at radius 2 is 2.05 bits per heavy atom. The summed E-state index contributed by atoms with van der Waals surface area (Å²) >= 11 is 1.63. The highest BCUT2D eigenvalue weighted by Gasteiger charge is 2.10. The van der Waals surface area contributed by atoms with Crippen LogP contribution in [-0.4, -0.2) is 54.6 Å². The van der Waals surface area contributed by atoms with E-state index in [-0.39, 0.29) is 12.6 Å². The van der Waals surface area contributed by atoms with Gasteiger partial charge in [-0.3, -0.25) is 9.59 Å². The predicted octanol–water partition coefficient (Wildman–Crippen LogP) is 0.133. The zero-order valence-corrected chi connectivity index (χ0v) is 11.9. The van der Waals surface area contributed by atoms with Gasteiger partial charge in [-0.25, -0.2) is 4.79 Å². The van der Waals surface area contributed by atoms with Crippen LogP contribution >= 0.6 is 11.3 Å². The van der Waals surface area contributed by atoms with Crippen molar-refractivity contribution in [1.82, 2.24) is 15.5 Å². The molecule has 1 rings (SSSR count). The maximum Gasteiger partial charge on any atom is 0.322 e. The standard InChI is InChI=1S/C12H17N3O4S/c1-15(5-4-9-3-2-6-20-9)12(19)14-7-10(16)13-8-11(17)18/h2-3,6H,4-5,7-8H2,1H3,(H,13,16)(H,14,19)(H,17,18). The summed E-state index contributed by atoms with van der Waals surface area (Å²) in [7, 11) is 1.64. The Morgan fingerprint density at radius 1 is 1.30 bits per heavy atom. The number of urea groups is 1. The summed E-state index contributed by atoms with van der Waals surface area (Å²) < 4.78 is 0. The van der Waals surface area contributed by atoms with E-state index < -0.39 is 18.4 Å². The lowest BCUT2D eigenvalue weighted by Gasteiger charge is -2.17. The summed E-state index contributed by atoms with van der Waals surface area (Å²) in [5, 5.41) is 14.9. The van der Waals surface area contributed by atoms with E-state index >= 15 is 0 Å². The zero-order valence-electron chi connectivity index (χ0n) is 11.1. The van der Waals surface area contributed by atoms with Gasteiger partial charge in [0.2, 0.25) is 5.91 Å². The van der Waals surface area contributed by atoms with E-state index in [4.69, 9.17) is 5.11 Å². The van der Waals surface area contributed by atoms with Gasteiger partial charge in [0, 0.05) is 18.5 Å². The number of carbonyl (C=O) groups is 3. The highest BCUT2D eigenvalue weighted by molar-refractivity contribution is 7.09.